The highest BCUT2D eigenvalue weighted by atomic mass is 35.5. The SMILES string of the molecule is CC1(C)CN=C(c2cnc3c(F)cccc3c2)c2cccc(Cl)c2O1. The molecule has 25 heavy (non-hydrogen) atoms. The molecule has 0 spiro atoms. The highest BCUT2D eigenvalue weighted by Crippen LogP contribution is 2.36. The number of hydrogen-bond donors (Lipinski definition) is 0. The summed E-state index contributed by atoms with van der Waals surface area (Å²) >= 11 is 6.37. The molecule has 1 aromatic heterocycles. The fourth-order valence-electron chi connectivity index (χ4n) is 2.96. The second-order valence-electron chi connectivity index (χ2n) is 6.68. The van der Waals surface area contributed by atoms with Crippen LogP contribution in [0.15, 0.2) is 53.7 Å². The molecule has 0 amide bonds. The molecule has 0 aliphatic carbocycles. The lowest BCUT2D eigenvalue weighted by Gasteiger charge is -2.24. The molecule has 0 unspecified atom stereocenters. The van der Waals surface area contributed by atoms with Crippen molar-refractivity contribution in [1.82, 2.24) is 4.98 Å². The lowest BCUT2D eigenvalue weighted by molar-refractivity contribution is 0.121. The number of para-hydroxylation sites is 2. The number of benzene rings is 2. The van der Waals surface area contributed by atoms with Gasteiger partial charge in [-0.25, -0.2) is 4.39 Å². The third-order valence-corrected chi connectivity index (χ3v) is 4.45. The van der Waals surface area contributed by atoms with Crippen LogP contribution in [0.5, 0.6) is 5.75 Å². The number of rotatable bonds is 1. The Hall–Kier alpha value is -2.46. The van der Waals surface area contributed by atoms with Crippen LogP contribution < -0.4 is 4.74 Å². The first-order valence-corrected chi connectivity index (χ1v) is 8.39. The molecule has 5 heteroatoms. The lowest BCUT2D eigenvalue weighted by Crippen LogP contribution is -2.31. The minimum absolute atomic E-state index is 0.334. The summed E-state index contributed by atoms with van der Waals surface area (Å²) < 4.78 is 20.0. The molecular formula is C20H16ClFN2O. The molecule has 3 nitrogen and oxygen atoms in total. The zero-order chi connectivity index (χ0) is 17.6. The molecular weight excluding hydrogens is 339 g/mol. The second-order valence-corrected chi connectivity index (χ2v) is 7.09. The fourth-order valence-corrected chi connectivity index (χ4v) is 3.18. The van der Waals surface area contributed by atoms with Gasteiger partial charge in [-0.3, -0.25) is 9.98 Å². The molecule has 0 bridgehead atoms. The topological polar surface area (TPSA) is 34.5 Å². The number of halogens is 2. The number of hydrogen-bond acceptors (Lipinski definition) is 3. The van der Waals surface area contributed by atoms with Crippen LogP contribution in [0.2, 0.25) is 5.02 Å². The van der Waals surface area contributed by atoms with E-state index in [4.69, 9.17) is 21.3 Å². The Kier molecular flexibility index (Phi) is 3.73. The zero-order valence-electron chi connectivity index (χ0n) is 13.9. The van der Waals surface area contributed by atoms with Gasteiger partial charge in [0.15, 0.2) is 0 Å². The molecule has 0 saturated carbocycles. The summed E-state index contributed by atoms with van der Waals surface area (Å²) in [6, 6.07) is 12.4. The van der Waals surface area contributed by atoms with E-state index in [1.165, 1.54) is 6.07 Å². The van der Waals surface area contributed by atoms with Gasteiger partial charge in [0.1, 0.15) is 22.7 Å². The largest absolute Gasteiger partial charge is 0.484 e. The van der Waals surface area contributed by atoms with Crippen molar-refractivity contribution in [3.63, 3.8) is 0 Å². The van der Waals surface area contributed by atoms with Crippen molar-refractivity contribution in [2.45, 2.75) is 19.4 Å². The van der Waals surface area contributed by atoms with Gasteiger partial charge in [-0.15, -0.1) is 0 Å². The van der Waals surface area contributed by atoms with Gasteiger partial charge in [0, 0.05) is 22.7 Å². The van der Waals surface area contributed by atoms with E-state index in [9.17, 15) is 4.39 Å². The van der Waals surface area contributed by atoms with Crippen LogP contribution in [0, 0.1) is 5.82 Å². The summed E-state index contributed by atoms with van der Waals surface area (Å²) in [5.41, 5.74) is 2.25. The predicted octanol–water partition coefficient (Wildman–Crippen LogP) is 5.04. The molecule has 2 heterocycles. The zero-order valence-corrected chi connectivity index (χ0v) is 14.6. The van der Waals surface area contributed by atoms with Crippen LogP contribution in [0.3, 0.4) is 0 Å². The molecule has 4 rings (SSSR count). The van der Waals surface area contributed by atoms with Crippen molar-refractivity contribution < 1.29 is 9.13 Å². The number of pyridine rings is 1. The molecule has 3 aromatic rings. The maximum atomic E-state index is 13.9. The second kappa shape index (κ2) is 5.81. The first kappa shape index (κ1) is 16.0. The van der Waals surface area contributed by atoms with Crippen LogP contribution in [0.4, 0.5) is 4.39 Å². The molecule has 1 aliphatic rings. The quantitative estimate of drug-likeness (QED) is 0.613. The number of aliphatic imine (C=N–C) groups is 1. The summed E-state index contributed by atoms with van der Waals surface area (Å²) in [5, 5.41) is 1.27. The standard InChI is InChI=1S/C20H16ClFN2O/c1-20(2)11-24-17(14-6-4-7-15(21)19(14)25-20)13-9-12-5-3-8-16(22)18(12)23-10-13/h3-10H,11H2,1-2H3. The van der Waals surface area contributed by atoms with Crippen LogP contribution in [-0.2, 0) is 0 Å². The van der Waals surface area contributed by atoms with E-state index in [0.29, 0.717) is 22.8 Å². The van der Waals surface area contributed by atoms with E-state index in [1.807, 2.05) is 38.1 Å². The van der Waals surface area contributed by atoms with E-state index >= 15 is 0 Å². The van der Waals surface area contributed by atoms with Gasteiger partial charge in [-0.05, 0) is 38.1 Å². The van der Waals surface area contributed by atoms with Crippen molar-refractivity contribution >= 4 is 28.2 Å². The van der Waals surface area contributed by atoms with Gasteiger partial charge in [0.05, 0.1) is 17.3 Å². The number of aromatic nitrogens is 1. The van der Waals surface area contributed by atoms with E-state index in [2.05, 4.69) is 4.98 Å². The summed E-state index contributed by atoms with van der Waals surface area (Å²) in [5.74, 6) is 0.282. The Labute approximate surface area is 150 Å². The van der Waals surface area contributed by atoms with Crippen LogP contribution >= 0.6 is 11.6 Å². The van der Waals surface area contributed by atoms with Crippen molar-refractivity contribution in [3.05, 3.63) is 70.6 Å². The Morgan fingerprint density at radius 2 is 1.96 bits per heavy atom. The first-order chi connectivity index (χ1) is 11.9. The van der Waals surface area contributed by atoms with Crippen molar-refractivity contribution in [2.75, 3.05) is 6.54 Å². The smallest absolute Gasteiger partial charge is 0.149 e. The number of fused-ring (bicyclic) bond motifs is 2. The third-order valence-electron chi connectivity index (χ3n) is 4.15. The highest BCUT2D eigenvalue weighted by Gasteiger charge is 2.28. The summed E-state index contributed by atoms with van der Waals surface area (Å²) in [6.45, 7) is 4.43. The Balaban J connectivity index is 1.93. The van der Waals surface area contributed by atoms with E-state index in [1.54, 1.807) is 18.3 Å². The average molecular weight is 355 g/mol. The summed E-state index contributed by atoms with van der Waals surface area (Å²) in [4.78, 5) is 9.05. The number of ether oxygens (including phenoxy) is 1. The van der Waals surface area contributed by atoms with Crippen LogP contribution in [0.1, 0.15) is 25.0 Å². The molecule has 1 aliphatic heterocycles. The van der Waals surface area contributed by atoms with Crippen molar-refractivity contribution in [1.29, 1.82) is 0 Å². The fraction of sp³-hybridized carbons (Fsp3) is 0.200. The van der Waals surface area contributed by atoms with E-state index in [0.717, 1.165) is 22.2 Å². The van der Waals surface area contributed by atoms with E-state index in [-0.39, 0.29) is 5.82 Å². The minimum atomic E-state index is -0.474. The lowest BCUT2D eigenvalue weighted by atomic mass is 10.0. The average Bonchev–Trinajstić information content (AvgIpc) is 2.71. The molecule has 0 fully saturated rings. The molecule has 0 N–H and O–H groups in total. The van der Waals surface area contributed by atoms with Crippen molar-refractivity contribution in [3.8, 4) is 5.75 Å². The molecule has 126 valence electrons. The maximum absolute atomic E-state index is 13.9. The Morgan fingerprint density at radius 1 is 1.16 bits per heavy atom. The van der Waals surface area contributed by atoms with Crippen LogP contribution in [-0.4, -0.2) is 22.8 Å². The third kappa shape index (κ3) is 2.87. The van der Waals surface area contributed by atoms with Gasteiger partial charge in [0.25, 0.3) is 0 Å². The maximum Gasteiger partial charge on any atom is 0.149 e. The molecule has 2 aromatic carbocycles. The van der Waals surface area contributed by atoms with Gasteiger partial charge < -0.3 is 4.74 Å². The van der Waals surface area contributed by atoms with E-state index < -0.39 is 5.60 Å². The highest BCUT2D eigenvalue weighted by molar-refractivity contribution is 6.33. The van der Waals surface area contributed by atoms with Gasteiger partial charge in [-0.2, -0.15) is 0 Å². The molecule has 0 saturated heterocycles. The summed E-state index contributed by atoms with van der Waals surface area (Å²) in [7, 11) is 0. The predicted molar refractivity (Wildman–Crippen MR) is 98.4 cm³/mol. The number of nitrogens with zero attached hydrogens (tertiary/aromatic N) is 2. The van der Waals surface area contributed by atoms with Crippen molar-refractivity contribution in [2.24, 2.45) is 4.99 Å². The molecule has 0 atom stereocenters. The minimum Gasteiger partial charge on any atom is -0.484 e. The molecule has 0 radical (unpaired) electrons. The van der Waals surface area contributed by atoms with Gasteiger partial charge in [0.2, 0.25) is 0 Å². The summed E-state index contributed by atoms with van der Waals surface area (Å²) in [6.07, 6.45) is 1.65. The van der Waals surface area contributed by atoms with Gasteiger partial charge in [-0.1, -0.05) is 29.8 Å². The Morgan fingerprint density at radius 3 is 2.80 bits per heavy atom. The van der Waals surface area contributed by atoms with Gasteiger partial charge >= 0.3 is 0 Å². The normalized spacial score (nSPS) is 15.9. The Bertz CT molecular complexity index is 1010. The monoisotopic (exact) mass is 354 g/mol. The first-order valence-electron chi connectivity index (χ1n) is 8.02. The van der Waals surface area contributed by atoms with Crippen LogP contribution in [0.25, 0.3) is 10.9 Å².